The van der Waals surface area contributed by atoms with Crippen LogP contribution in [0.15, 0.2) is 36.8 Å². The molecule has 12 nitrogen and oxygen atoms in total. The van der Waals surface area contributed by atoms with Crippen molar-refractivity contribution in [3.63, 3.8) is 0 Å². The van der Waals surface area contributed by atoms with Crippen LogP contribution < -0.4 is 20.0 Å². The second-order valence-electron chi connectivity index (χ2n) is 9.25. The highest BCUT2D eigenvalue weighted by Gasteiger charge is 2.21. The van der Waals surface area contributed by atoms with Crippen LogP contribution in [-0.4, -0.2) is 77.9 Å². The van der Waals surface area contributed by atoms with Crippen molar-refractivity contribution >= 4 is 39.2 Å². The van der Waals surface area contributed by atoms with E-state index in [1.54, 1.807) is 30.7 Å². The van der Waals surface area contributed by atoms with Crippen molar-refractivity contribution in [2.24, 2.45) is 0 Å². The number of fused-ring (bicyclic) bond motifs is 1. The molecule has 1 fully saturated rings. The summed E-state index contributed by atoms with van der Waals surface area (Å²) >= 11 is 1.65. The number of carbonyl (C=O) groups excluding carboxylic acids is 1. The summed E-state index contributed by atoms with van der Waals surface area (Å²) in [6, 6.07) is 5.80. The Morgan fingerprint density at radius 1 is 1.15 bits per heavy atom. The van der Waals surface area contributed by atoms with Gasteiger partial charge in [0.15, 0.2) is 11.6 Å². The van der Waals surface area contributed by atoms with Gasteiger partial charge in [0.05, 0.1) is 49.3 Å². The molecule has 0 aliphatic carbocycles. The summed E-state index contributed by atoms with van der Waals surface area (Å²) in [6.45, 7) is 5.92. The molecule has 4 aromatic rings. The molecule has 13 heteroatoms. The molecule has 4 aromatic heterocycles. The van der Waals surface area contributed by atoms with Crippen LogP contribution in [-0.2, 0) is 16.1 Å². The first-order valence-corrected chi connectivity index (χ1v) is 14.0. The minimum Gasteiger partial charge on any atom is -0.481 e. The number of aromatic nitrogens is 5. The zero-order chi connectivity index (χ0) is 27.9. The maximum atomic E-state index is 12.2. The van der Waals surface area contributed by atoms with E-state index < -0.39 is 0 Å². The third kappa shape index (κ3) is 6.43. The molecule has 1 saturated heterocycles. The fourth-order valence-corrected chi connectivity index (χ4v) is 5.29. The van der Waals surface area contributed by atoms with Gasteiger partial charge in [-0.05, 0) is 18.6 Å². The molecule has 40 heavy (non-hydrogen) atoms. The number of hydrogen-bond donors (Lipinski definition) is 1. The standard InChI is InChI=1S/C27H32N8O4S/c1-4-5-10-39-33-26(36)19-15-29-27(30-16-19)34(2)17-20-13-21-23(40-20)25(35-8-11-38-12-9-35)32-24(31-21)18-6-7-22(37-3)28-14-18/h6-7,13-16H,4-5,8-12,17H2,1-3H3,(H,33,36). The number of hydroxylamine groups is 1. The van der Waals surface area contributed by atoms with Crippen LogP contribution in [0.1, 0.15) is 35.0 Å². The van der Waals surface area contributed by atoms with Crippen molar-refractivity contribution in [2.45, 2.75) is 26.3 Å². The Morgan fingerprint density at radius 3 is 2.65 bits per heavy atom. The van der Waals surface area contributed by atoms with Crippen molar-refractivity contribution in [2.75, 3.05) is 56.9 Å². The maximum absolute atomic E-state index is 12.2. The van der Waals surface area contributed by atoms with Gasteiger partial charge in [0.25, 0.3) is 5.91 Å². The molecule has 1 N–H and O–H groups in total. The van der Waals surface area contributed by atoms with Crippen LogP contribution >= 0.6 is 11.3 Å². The highest BCUT2D eigenvalue weighted by atomic mass is 32.1. The number of methoxy groups -OCH3 is 1. The highest BCUT2D eigenvalue weighted by molar-refractivity contribution is 7.19. The molecule has 0 atom stereocenters. The topological polar surface area (TPSA) is 128 Å². The number of ether oxygens (including phenoxy) is 2. The van der Waals surface area contributed by atoms with Gasteiger partial charge in [-0.1, -0.05) is 13.3 Å². The molecule has 0 aromatic carbocycles. The van der Waals surface area contributed by atoms with Gasteiger partial charge in [0.1, 0.15) is 0 Å². The van der Waals surface area contributed by atoms with Crippen LogP contribution in [0.2, 0.25) is 0 Å². The Balaban J connectivity index is 1.36. The fraction of sp³-hybridized carbons (Fsp3) is 0.407. The van der Waals surface area contributed by atoms with Crippen molar-refractivity contribution in [3.8, 4) is 17.3 Å². The number of pyridine rings is 1. The van der Waals surface area contributed by atoms with E-state index in [1.165, 1.54) is 12.4 Å². The van der Waals surface area contributed by atoms with E-state index in [4.69, 9.17) is 24.3 Å². The number of morpholine rings is 1. The zero-order valence-electron chi connectivity index (χ0n) is 22.8. The van der Waals surface area contributed by atoms with Gasteiger partial charge >= 0.3 is 0 Å². The van der Waals surface area contributed by atoms with Crippen LogP contribution in [0.3, 0.4) is 0 Å². The number of amides is 1. The normalized spacial score (nSPS) is 13.4. The van der Waals surface area contributed by atoms with Gasteiger partial charge in [0, 0.05) is 55.2 Å². The first-order chi connectivity index (χ1) is 19.6. The molecule has 0 spiro atoms. The molecule has 1 aliphatic heterocycles. The van der Waals surface area contributed by atoms with Crippen LogP contribution in [0.5, 0.6) is 5.88 Å². The molecule has 5 rings (SSSR count). The Bertz CT molecular complexity index is 1430. The summed E-state index contributed by atoms with van der Waals surface area (Å²) in [4.78, 5) is 45.6. The van der Waals surface area contributed by atoms with Crippen molar-refractivity contribution < 1.29 is 19.1 Å². The van der Waals surface area contributed by atoms with Gasteiger partial charge in [-0.25, -0.2) is 30.4 Å². The SMILES string of the molecule is CCCCONC(=O)c1cnc(N(C)Cc2cc3nc(-c4ccc(OC)nc4)nc(N4CCOCC4)c3s2)nc1. The first-order valence-electron chi connectivity index (χ1n) is 13.1. The Kier molecular flexibility index (Phi) is 8.94. The van der Waals surface area contributed by atoms with Crippen molar-refractivity contribution in [1.29, 1.82) is 0 Å². The average molecular weight is 565 g/mol. The lowest BCUT2D eigenvalue weighted by atomic mass is 10.2. The Labute approximate surface area is 236 Å². The summed E-state index contributed by atoms with van der Waals surface area (Å²) in [7, 11) is 3.50. The van der Waals surface area contributed by atoms with E-state index in [0.717, 1.165) is 52.4 Å². The smallest absolute Gasteiger partial charge is 0.277 e. The van der Waals surface area contributed by atoms with E-state index in [-0.39, 0.29) is 5.91 Å². The van der Waals surface area contributed by atoms with E-state index in [2.05, 4.69) is 38.3 Å². The number of hydrogen-bond acceptors (Lipinski definition) is 12. The van der Waals surface area contributed by atoms with Crippen LogP contribution in [0.25, 0.3) is 21.6 Å². The second kappa shape index (κ2) is 12.9. The number of anilines is 2. The first kappa shape index (κ1) is 27.6. The molecule has 0 radical (unpaired) electrons. The van der Waals surface area contributed by atoms with Gasteiger partial charge in [-0.3, -0.25) is 9.63 Å². The summed E-state index contributed by atoms with van der Waals surface area (Å²) in [6.07, 6.45) is 6.58. The van der Waals surface area contributed by atoms with Crippen molar-refractivity contribution in [1.82, 2.24) is 30.4 Å². The monoisotopic (exact) mass is 564 g/mol. The third-order valence-electron chi connectivity index (χ3n) is 6.32. The molecule has 0 bridgehead atoms. The minimum atomic E-state index is -0.369. The van der Waals surface area contributed by atoms with E-state index in [0.29, 0.717) is 49.6 Å². The lowest BCUT2D eigenvalue weighted by Gasteiger charge is -2.28. The molecule has 5 heterocycles. The molecule has 0 saturated carbocycles. The second-order valence-corrected chi connectivity index (χ2v) is 10.4. The van der Waals surface area contributed by atoms with E-state index in [9.17, 15) is 4.79 Å². The fourth-order valence-electron chi connectivity index (χ4n) is 4.13. The molecule has 1 aliphatic rings. The largest absolute Gasteiger partial charge is 0.481 e. The molecule has 0 unspecified atom stereocenters. The third-order valence-corrected chi connectivity index (χ3v) is 7.42. The van der Waals surface area contributed by atoms with Gasteiger partial charge < -0.3 is 19.3 Å². The average Bonchev–Trinajstić information content (AvgIpc) is 3.41. The van der Waals surface area contributed by atoms with Gasteiger partial charge in [-0.15, -0.1) is 11.3 Å². The number of nitrogens with zero attached hydrogens (tertiary/aromatic N) is 7. The van der Waals surface area contributed by atoms with E-state index in [1.807, 2.05) is 18.0 Å². The summed E-state index contributed by atoms with van der Waals surface area (Å²) in [5, 5.41) is 0. The number of unbranched alkanes of at least 4 members (excludes halogenated alkanes) is 1. The lowest BCUT2D eigenvalue weighted by molar-refractivity contribution is 0.0301. The number of nitrogens with one attached hydrogen (secondary N) is 1. The Hall–Kier alpha value is -3.94. The molecular weight excluding hydrogens is 532 g/mol. The predicted octanol–water partition coefficient (Wildman–Crippen LogP) is 3.49. The minimum absolute atomic E-state index is 0.335. The lowest BCUT2D eigenvalue weighted by Crippen LogP contribution is -2.36. The highest BCUT2D eigenvalue weighted by Crippen LogP contribution is 2.35. The zero-order valence-corrected chi connectivity index (χ0v) is 23.6. The summed E-state index contributed by atoms with van der Waals surface area (Å²) in [5.41, 5.74) is 4.44. The van der Waals surface area contributed by atoms with E-state index >= 15 is 0 Å². The number of carbonyl (C=O) groups is 1. The summed E-state index contributed by atoms with van der Waals surface area (Å²) < 4.78 is 11.8. The van der Waals surface area contributed by atoms with Gasteiger partial charge in [0.2, 0.25) is 11.8 Å². The number of thiophene rings is 1. The number of rotatable bonds is 11. The summed E-state index contributed by atoms with van der Waals surface area (Å²) in [5.74, 6) is 2.18. The van der Waals surface area contributed by atoms with Gasteiger partial charge in [-0.2, -0.15) is 0 Å². The van der Waals surface area contributed by atoms with Crippen LogP contribution in [0, 0.1) is 0 Å². The maximum Gasteiger partial charge on any atom is 0.277 e. The quantitative estimate of drug-likeness (QED) is 0.212. The predicted molar refractivity (Wildman–Crippen MR) is 153 cm³/mol. The molecular formula is C27H32N8O4S. The van der Waals surface area contributed by atoms with Crippen molar-refractivity contribution in [3.05, 3.63) is 47.2 Å². The Morgan fingerprint density at radius 2 is 1.95 bits per heavy atom. The molecule has 210 valence electrons. The van der Waals surface area contributed by atoms with Crippen LogP contribution in [0.4, 0.5) is 11.8 Å². The molecule has 1 amide bonds.